The summed E-state index contributed by atoms with van der Waals surface area (Å²) in [6, 6.07) is 0. The highest BCUT2D eigenvalue weighted by atomic mass is 16.3. The molecule has 1 aliphatic carbocycles. The summed E-state index contributed by atoms with van der Waals surface area (Å²) in [6.07, 6.45) is 6.16. The van der Waals surface area contributed by atoms with Crippen molar-refractivity contribution in [2.24, 2.45) is 11.3 Å². The minimum absolute atomic E-state index is 0.0189. The van der Waals surface area contributed by atoms with E-state index in [9.17, 15) is 15.3 Å². The standard InChI is InChI=1S/C15H26O3/c1-11(2)6-5-7-14(3)10-15(4,18)13(17)8-12(14)9-16/h5-7,12-13,16-18H,8-10H2,1-4H3/b7-5+/t12-,13-,14-,15+/m0/s1. The molecule has 104 valence electrons. The molecule has 3 heteroatoms. The fourth-order valence-electron chi connectivity index (χ4n) is 2.76. The minimum Gasteiger partial charge on any atom is -0.396 e. The lowest BCUT2D eigenvalue weighted by Crippen LogP contribution is -2.52. The van der Waals surface area contributed by atoms with Crippen LogP contribution in [0.3, 0.4) is 0 Å². The molecular weight excluding hydrogens is 228 g/mol. The van der Waals surface area contributed by atoms with Gasteiger partial charge < -0.3 is 15.3 Å². The molecule has 0 amide bonds. The summed E-state index contributed by atoms with van der Waals surface area (Å²) in [5.41, 5.74) is -0.169. The first-order chi connectivity index (χ1) is 8.21. The first-order valence-electron chi connectivity index (χ1n) is 6.55. The molecule has 1 aliphatic rings. The molecule has 0 unspecified atom stereocenters. The lowest BCUT2D eigenvalue weighted by atomic mass is 9.61. The summed E-state index contributed by atoms with van der Waals surface area (Å²) < 4.78 is 0. The third kappa shape index (κ3) is 3.44. The zero-order chi connectivity index (χ0) is 14.0. The predicted octanol–water partition coefficient (Wildman–Crippen LogP) is 2.03. The van der Waals surface area contributed by atoms with Crippen LogP contribution in [-0.2, 0) is 0 Å². The van der Waals surface area contributed by atoms with Crippen LogP contribution in [0.4, 0.5) is 0 Å². The normalized spacial score (nSPS) is 41.1. The second-order valence-electron chi connectivity index (χ2n) is 6.27. The fraction of sp³-hybridized carbons (Fsp3) is 0.733. The Morgan fingerprint density at radius 2 is 1.94 bits per heavy atom. The predicted molar refractivity (Wildman–Crippen MR) is 73.1 cm³/mol. The maximum absolute atomic E-state index is 10.2. The van der Waals surface area contributed by atoms with E-state index in [1.165, 1.54) is 5.57 Å². The van der Waals surface area contributed by atoms with Gasteiger partial charge in [0.15, 0.2) is 0 Å². The van der Waals surface area contributed by atoms with Gasteiger partial charge in [-0.2, -0.15) is 0 Å². The van der Waals surface area contributed by atoms with Crippen molar-refractivity contribution in [2.45, 2.75) is 52.2 Å². The third-order valence-electron chi connectivity index (χ3n) is 4.02. The molecule has 0 aliphatic heterocycles. The van der Waals surface area contributed by atoms with Gasteiger partial charge in [0.2, 0.25) is 0 Å². The number of aliphatic hydroxyl groups excluding tert-OH is 2. The van der Waals surface area contributed by atoms with E-state index in [-0.39, 0.29) is 17.9 Å². The van der Waals surface area contributed by atoms with Crippen LogP contribution in [0.1, 0.15) is 40.5 Å². The van der Waals surface area contributed by atoms with Crippen LogP contribution >= 0.6 is 0 Å². The Bertz CT molecular complexity index is 340. The Labute approximate surface area is 110 Å². The molecule has 0 aromatic carbocycles. The molecule has 1 saturated carbocycles. The zero-order valence-electron chi connectivity index (χ0n) is 11.8. The first-order valence-corrected chi connectivity index (χ1v) is 6.55. The van der Waals surface area contributed by atoms with Gasteiger partial charge in [-0.1, -0.05) is 30.7 Å². The van der Waals surface area contributed by atoms with Gasteiger partial charge in [0.05, 0.1) is 11.7 Å². The second-order valence-corrected chi connectivity index (χ2v) is 6.27. The minimum atomic E-state index is -1.09. The molecule has 18 heavy (non-hydrogen) atoms. The van der Waals surface area contributed by atoms with E-state index in [4.69, 9.17) is 0 Å². The van der Waals surface area contributed by atoms with E-state index in [0.29, 0.717) is 12.8 Å². The Balaban J connectivity index is 2.94. The maximum Gasteiger partial charge on any atom is 0.0885 e. The highest BCUT2D eigenvalue weighted by molar-refractivity contribution is 5.15. The van der Waals surface area contributed by atoms with Crippen molar-refractivity contribution >= 4 is 0 Å². The molecule has 1 fully saturated rings. The van der Waals surface area contributed by atoms with Gasteiger partial charge in [-0.15, -0.1) is 0 Å². The second kappa shape index (κ2) is 5.55. The maximum atomic E-state index is 10.2. The van der Waals surface area contributed by atoms with Crippen molar-refractivity contribution in [2.75, 3.05) is 6.61 Å². The van der Waals surface area contributed by atoms with Gasteiger partial charge in [0.25, 0.3) is 0 Å². The van der Waals surface area contributed by atoms with Gasteiger partial charge in [0.1, 0.15) is 0 Å². The smallest absolute Gasteiger partial charge is 0.0885 e. The summed E-state index contributed by atoms with van der Waals surface area (Å²) in [4.78, 5) is 0. The monoisotopic (exact) mass is 254 g/mol. The Morgan fingerprint density at radius 3 is 2.44 bits per heavy atom. The summed E-state index contributed by atoms with van der Waals surface area (Å²) >= 11 is 0. The molecule has 0 aromatic rings. The number of hydrogen-bond acceptors (Lipinski definition) is 3. The van der Waals surface area contributed by atoms with Crippen molar-refractivity contribution in [3.63, 3.8) is 0 Å². The zero-order valence-corrected chi connectivity index (χ0v) is 11.8. The van der Waals surface area contributed by atoms with E-state index < -0.39 is 11.7 Å². The number of rotatable bonds is 3. The van der Waals surface area contributed by atoms with Gasteiger partial charge in [-0.25, -0.2) is 0 Å². The summed E-state index contributed by atoms with van der Waals surface area (Å²) in [5, 5.41) is 29.6. The van der Waals surface area contributed by atoms with Gasteiger partial charge in [0, 0.05) is 6.61 Å². The van der Waals surface area contributed by atoms with Gasteiger partial charge >= 0.3 is 0 Å². The van der Waals surface area contributed by atoms with Crippen LogP contribution in [-0.4, -0.2) is 33.6 Å². The molecule has 0 heterocycles. The van der Waals surface area contributed by atoms with Crippen molar-refractivity contribution in [1.29, 1.82) is 0 Å². The van der Waals surface area contributed by atoms with Crippen LogP contribution in [0.5, 0.6) is 0 Å². The van der Waals surface area contributed by atoms with Crippen LogP contribution in [0.2, 0.25) is 0 Å². The molecule has 0 aromatic heterocycles. The Morgan fingerprint density at radius 1 is 1.33 bits per heavy atom. The van der Waals surface area contributed by atoms with E-state index in [2.05, 4.69) is 0 Å². The average Bonchev–Trinajstić information content (AvgIpc) is 2.22. The topological polar surface area (TPSA) is 60.7 Å². The number of allylic oxidation sites excluding steroid dienone is 4. The van der Waals surface area contributed by atoms with E-state index in [1.807, 2.05) is 39.0 Å². The molecule has 4 atom stereocenters. The van der Waals surface area contributed by atoms with E-state index in [0.717, 1.165) is 0 Å². The van der Waals surface area contributed by atoms with Crippen LogP contribution in [0.25, 0.3) is 0 Å². The van der Waals surface area contributed by atoms with Crippen LogP contribution < -0.4 is 0 Å². The number of hydrogen-bond donors (Lipinski definition) is 3. The Kier molecular flexibility index (Phi) is 4.76. The molecule has 1 rings (SSSR count). The molecule has 3 N–H and O–H groups in total. The van der Waals surface area contributed by atoms with Crippen molar-refractivity contribution in [1.82, 2.24) is 0 Å². The van der Waals surface area contributed by atoms with Crippen molar-refractivity contribution in [3.8, 4) is 0 Å². The molecule has 0 bridgehead atoms. The van der Waals surface area contributed by atoms with E-state index in [1.54, 1.807) is 6.92 Å². The van der Waals surface area contributed by atoms with Gasteiger partial charge in [-0.3, -0.25) is 0 Å². The van der Waals surface area contributed by atoms with Crippen molar-refractivity contribution < 1.29 is 15.3 Å². The van der Waals surface area contributed by atoms with Crippen LogP contribution in [0, 0.1) is 11.3 Å². The lowest BCUT2D eigenvalue weighted by Gasteiger charge is -2.48. The largest absolute Gasteiger partial charge is 0.396 e. The molecule has 0 saturated heterocycles. The molecule has 0 spiro atoms. The molecule has 0 radical (unpaired) electrons. The SMILES string of the molecule is CC(C)=C/C=C/[C@@]1(C)C[C@@](C)(O)[C@@H](O)C[C@H]1CO. The summed E-state index contributed by atoms with van der Waals surface area (Å²) in [5.74, 6) is -0.0189. The summed E-state index contributed by atoms with van der Waals surface area (Å²) in [6.45, 7) is 7.78. The third-order valence-corrected chi connectivity index (χ3v) is 4.02. The lowest BCUT2D eigenvalue weighted by molar-refractivity contribution is -0.137. The van der Waals surface area contributed by atoms with Crippen molar-refractivity contribution in [3.05, 3.63) is 23.8 Å². The average molecular weight is 254 g/mol. The first kappa shape index (κ1) is 15.4. The van der Waals surface area contributed by atoms with E-state index >= 15 is 0 Å². The fourth-order valence-corrected chi connectivity index (χ4v) is 2.76. The summed E-state index contributed by atoms with van der Waals surface area (Å²) in [7, 11) is 0. The molecule has 3 nitrogen and oxygen atoms in total. The molecular formula is C15H26O3. The highest BCUT2D eigenvalue weighted by Gasteiger charge is 2.47. The van der Waals surface area contributed by atoms with Gasteiger partial charge in [-0.05, 0) is 44.9 Å². The quantitative estimate of drug-likeness (QED) is 0.675. The Hall–Kier alpha value is -0.640. The van der Waals surface area contributed by atoms with Crippen LogP contribution in [0.15, 0.2) is 23.8 Å². The highest BCUT2D eigenvalue weighted by Crippen LogP contribution is 2.46. The number of aliphatic hydroxyl groups is 3.